The SMILES string of the molecule is CCN1CCN(C(=O)Nc2cnn3ccc(N4CCCC4c4cc(F)ccc4F)nc23)CC1. The first-order valence-corrected chi connectivity index (χ1v) is 11.4. The summed E-state index contributed by atoms with van der Waals surface area (Å²) in [5, 5.41) is 7.24. The average molecular weight is 456 g/mol. The standard InChI is InChI=1S/C23H27F2N7O/c1-2-29-10-12-30(13-11-29)23(33)27-19-15-26-32-9-7-21(28-22(19)32)31-8-3-4-20(31)17-14-16(24)5-6-18(17)25/h5-7,9,14-15,20H,2-4,8,10-13H2,1H3,(H,27,33). The fourth-order valence-corrected chi connectivity index (χ4v) is 4.70. The molecule has 4 heterocycles. The minimum Gasteiger partial charge on any atom is -0.349 e. The lowest BCUT2D eigenvalue weighted by atomic mass is 10.0. The van der Waals surface area contributed by atoms with E-state index < -0.39 is 11.6 Å². The molecule has 33 heavy (non-hydrogen) atoms. The van der Waals surface area contributed by atoms with Crippen LogP contribution >= 0.6 is 0 Å². The number of rotatable bonds is 4. The van der Waals surface area contributed by atoms with Gasteiger partial charge in [0.25, 0.3) is 0 Å². The van der Waals surface area contributed by atoms with Crippen molar-refractivity contribution < 1.29 is 13.6 Å². The third-order valence-electron chi connectivity index (χ3n) is 6.57. The van der Waals surface area contributed by atoms with Crippen molar-refractivity contribution in [3.05, 3.63) is 53.9 Å². The molecule has 1 N–H and O–H groups in total. The highest BCUT2D eigenvalue weighted by molar-refractivity contribution is 5.93. The molecule has 2 aliphatic heterocycles. The van der Waals surface area contributed by atoms with Gasteiger partial charge in [0.05, 0.1) is 12.2 Å². The second kappa shape index (κ2) is 8.93. The van der Waals surface area contributed by atoms with E-state index in [0.717, 1.165) is 32.1 Å². The van der Waals surface area contributed by atoms with E-state index in [1.807, 2.05) is 11.0 Å². The number of carbonyl (C=O) groups is 1. The molecule has 174 valence electrons. The maximum atomic E-state index is 14.5. The number of piperazine rings is 1. The number of hydrogen-bond donors (Lipinski definition) is 1. The van der Waals surface area contributed by atoms with Crippen molar-refractivity contribution in [2.45, 2.75) is 25.8 Å². The number of halogens is 2. The molecule has 2 aromatic heterocycles. The van der Waals surface area contributed by atoms with Gasteiger partial charge in [-0.15, -0.1) is 0 Å². The number of nitrogens with one attached hydrogen (secondary N) is 1. The molecular weight excluding hydrogens is 428 g/mol. The Bertz CT molecular complexity index is 1160. The Kier molecular flexibility index (Phi) is 5.84. The number of aromatic nitrogens is 3. The Morgan fingerprint density at radius 3 is 2.76 bits per heavy atom. The number of anilines is 2. The van der Waals surface area contributed by atoms with E-state index in [1.54, 1.807) is 21.8 Å². The normalized spacial score (nSPS) is 19.4. The zero-order valence-corrected chi connectivity index (χ0v) is 18.5. The van der Waals surface area contributed by atoms with E-state index in [2.05, 4.69) is 22.2 Å². The van der Waals surface area contributed by atoms with E-state index in [4.69, 9.17) is 4.98 Å². The smallest absolute Gasteiger partial charge is 0.322 e. The van der Waals surface area contributed by atoms with Gasteiger partial charge < -0.3 is 20.0 Å². The van der Waals surface area contributed by atoms with E-state index in [0.29, 0.717) is 48.8 Å². The minimum absolute atomic E-state index is 0.172. The third kappa shape index (κ3) is 4.22. The number of nitrogens with zero attached hydrogens (tertiary/aromatic N) is 6. The summed E-state index contributed by atoms with van der Waals surface area (Å²) in [6.45, 7) is 6.83. The van der Waals surface area contributed by atoms with Crippen LogP contribution in [0.25, 0.3) is 5.65 Å². The van der Waals surface area contributed by atoms with Gasteiger partial charge in [0.2, 0.25) is 0 Å². The minimum atomic E-state index is -0.456. The number of fused-ring (bicyclic) bond motifs is 1. The van der Waals surface area contributed by atoms with Gasteiger partial charge in [-0.2, -0.15) is 5.10 Å². The summed E-state index contributed by atoms with van der Waals surface area (Å²) in [5.41, 5.74) is 1.37. The molecule has 0 aliphatic carbocycles. The maximum Gasteiger partial charge on any atom is 0.322 e. The van der Waals surface area contributed by atoms with E-state index in [9.17, 15) is 13.6 Å². The zero-order valence-electron chi connectivity index (χ0n) is 18.5. The number of urea groups is 1. The van der Waals surface area contributed by atoms with Gasteiger partial charge in [0.1, 0.15) is 23.1 Å². The van der Waals surface area contributed by atoms with Crippen molar-refractivity contribution in [2.75, 3.05) is 49.5 Å². The highest BCUT2D eigenvalue weighted by Gasteiger charge is 2.30. The van der Waals surface area contributed by atoms with Crippen LogP contribution in [-0.2, 0) is 0 Å². The molecule has 1 unspecified atom stereocenters. The second-order valence-corrected chi connectivity index (χ2v) is 8.48. The lowest BCUT2D eigenvalue weighted by Crippen LogP contribution is -2.49. The van der Waals surface area contributed by atoms with Gasteiger partial charge in [0.15, 0.2) is 5.65 Å². The summed E-state index contributed by atoms with van der Waals surface area (Å²) in [5.74, 6) is -0.238. The van der Waals surface area contributed by atoms with Crippen molar-refractivity contribution in [1.29, 1.82) is 0 Å². The van der Waals surface area contributed by atoms with Gasteiger partial charge in [-0.25, -0.2) is 23.1 Å². The molecule has 2 aliphatic rings. The van der Waals surface area contributed by atoms with Crippen LogP contribution in [0.5, 0.6) is 0 Å². The van der Waals surface area contributed by atoms with Crippen molar-refractivity contribution in [3.8, 4) is 0 Å². The lowest BCUT2D eigenvalue weighted by molar-refractivity contribution is 0.151. The highest BCUT2D eigenvalue weighted by atomic mass is 19.1. The van der Waals surface area contributed by atoms with E-state index in [-0.39, 0.29) is 12.1 Å². The molecular formula is C23H27F2N7O. The molecule has 5 rings (SSSR count). The van der Waals surface area contributed by atoms with Gasteiger partial charge in [0, 0.05) is 44.5 Å². The summed E-state index contributed by atoms with van der Waals surface area (Å²) in [7, 11) is 0. The van der Waals surface area contributed by atoms with Crippen molar-refractivity contribution >= 4 is 23.2 Å². The summed E-state index contributed by atoms with van der Waals surface area (Å²) in [4.78, 5) is 23.6. The molecule has 2 saturated heterocycles. The van der Waals surface area contributed by atoms with Gasteiger partial charge in [-0.05, 0) is 43.7 Å². The Balaban J connectivity index is 1.38. The molecule has 0 bridgehead atoms. The molecule has 2 fully saturated rings. The van der Waals surface area contributed by atoms with E-state index >= 15 is 0 Å². The van der Waals surface area contributed by atoms with Crippen LogP contribution in [0.2, 0.25) is 0 Å². The number of benzene rings is 1. The van der Waals surface area contributed by atoms with Crippen LogP contribution < -0.4 is 10.2 Å². The molecule has 2 amide bonds. The largest absolute Gasteiger partial charge is 0.349 e. The number of carbonyl (C=O) groups excluding carboxylic acids is 1. The fourth-order valence-electron chi connectivity index (χ4n) is 4.70. The Morgan fingerprint density at radius 1 is 1.15 bits per heavy atom. The molecule has 8 nitrogen and oxygen atoms in total. The summed E-state index contributed by atoms with van der Waals surface area (Å²) in [6.07, 6.45) is 4.91. The maximum absolute atomic E-state index is 14.5. The first kappa shape index (κ1) is 21.6. The molecule has 0 radical (unpaired) electrons. The molecule has 3 aromatic rings. The molecule has 1 aromatic carbocycles. The van der Waals surface area contributed by atoms with Crippen molar-refractivity contribution in [3.63, 3.8) is 0 Å². The van der Waals surface area contributed by atoms with Gasteiger partial charge in [-0.1, -0.05) is 6.92 Å². The van der Waals surface area contributed by atoms with Crippen LogP contribution in [0.15, 0.2) is 36.7 Å². The number of amides is 2. The Labute approximate surface area is 190 Å². The number of likely N-dealkylation sites (N-methyl/N-ethyl adjacent to an activating group) is 1. The van der Waals surface area contributed by atoms with E-state index in [1.165, 1.54) is 12.1 Å². The molecule has 10 heteroatoms. The summed E-state index contributed by atoms with van der Waals surface area (Å²) >= 11 is 0. The lowest BCUT2D eigenvalue weighted by Gasteiger charge is -2.33. The first-order chi connectivity index (χ1) is 16.0. The Morgan fingerprint density at radius 2 is 1.97 bits per heavy atom. The summed E-state index contributed by atoms with van der Waals surface area (Å²) in [6, 6.07) is 4.90. The van der Waals surface area contributed by atoms with Crippen LogP contribution in [0.4, 0.5) is 25.1 Å². The second-order valence-electron chi connectivity index (χ2n) is 8.48. The van der Waals surface area contributed by atoms with Crippen molar-refractivity contribution in [2.24, 2.45) is 0 Å². The molecule has 0 spiro atoms. The fraction of sp³-hybridized carbons (Fsp3) is 0.435. The number of hydrogen-bond acceptors (Lipinski definition) is 5. The highest BCUT2D eigenvalue weighted by Crippen LogP contribution is 2.37. The average Bonchev–Trinajstić information content (AvgIpc) is 3.48. The van der Waals surface area contributed by atoms with Crippen LogP contribution in [-0.4, -0.2) is 69.7 Å². The van der Waals surface area contributed by atoms with Gasteiger partial charge in [-0.3, -0.25) is 0 Å². The summed E-state index contributed by atoms with van der Waals surface area (Å²) < 4.78 is 29.9. The molecule has 0 saturated carbocycles. The monoisotopic (exact) mass is 455 g/mol. The van der Waals surface area contributed by atoms with Crippen molar-refractivity contribution in [1.82, 2.24) is 24.4 Å². The molecule has 1 atom stereocenters. The van der Waals surface area contributed by atoms with Crippen LogP contribution in [0.1, 0.15) is 31.4 Å². The zero-order chi connectivity index (χ0) is 22.9. The first-order valence-electron chi connectivity index (χ1n) is 11.4. The van der Waals surface area contributed by atoms with Gasteiger partial charge >= 0.3 is 6.03 Å². The Hall–Kier alpha value is -3.27. The topological polar surface area (TPSA) is 69.0 Å². The predicted molar refractivity (Wildman–Crippen MR) is 121 cm³/mol. The third-order valence-corrected chi connectivity index (χ3v) is 6.57. The van der Waals surface area contributed by atoms with Crippen LogP contribution in [0, 0.1) is 11.6 Å². The predicted octanol–water partition coefficient (Wildman–Crippen LogP) is 3.52. The quantitative estimate of drug-likeness (QED) is 0.652. The van der Waals surface area contributed by atoms with Crippen LogP contribution in [0.3, 0.4) is 0 Å².